The molecular weight excluding hydrogens is 440 g/mol. The van der Waals surface area contributed by atoms with E-state index in [9.17, 15) is 0 Å². The number of anilines is 1. The minimum atomic E-state index is -0.0748. The van der Waals surface area contributed by atoms with Crippen molar-refractivity contribution in [1.82, 2.24) is 14.9 Å². The topological polar surface area (TPSA) is 42.3 Å². The molecule has 0 spiro atoms. The maximum atomic E-state index is 5.88. The Morgan fingerprint density at radius 2 is 1.71 bits per heavy atom. The summed E-state index contributed by atoms with van der Waals surface area (Å²) in [4.78, 5) is 6.91. The van der Waals surface area contributed by atoms with E-state index >= 15 is 0 Å². The number of nitrogens with one attached hydrogen (secondary N) is 1. The number of aromatic nitrogens is 2. The first-order valence-electron chi connectivity index (χ1n) is 11.4. The molecule has 0 saturated carbocycles. The lowest BCUT2D eigenvalue weighted by atomic mass is 9.96. The first-order chi connectivity index (χ1) is 16.5. The van der Waals surface area contributed by atoms with E-state index < -0.39 is 0 Å². The molecule has 34 heavy (non-hydrogen) atoms. The fourth-order valence-corrected chi connectivity index (χ4v) is 5.23. The summed E-state index contributed by atoms with van der Waals surface area (Å²) < 4.78 is 7.76. The van der Waals surface area contributed by atoms with Crippen molar-refractivity contribution >= 4 is 23.0 Å². The molecule has 5 nitrogen and oxygen atoms in total. The van der Waals surface area contributed by atoms with Gasteiger partial charge in [0.05, 0.1) is 24.9 Å². The molecule has 2 aromatic heterocycles. The highest BCUT2D eigenvalue weighted by atomic mass is 32.1. The van der Waals surface area contributed by atoms with Crippen LogP contribution in [0.15, 0.2) is 79.0 Å². The molecule has 172 valence electrons. The molecule has 0 bridgehead atoms. The Kier molecular flexibility index (Phi) is 5.84. The van der Waals surface area contributed by atoms with E-state index in [4.69, 9.17) is 17.0 Å². The second-order valence-electron chi connectivity index (χ2n) is 8.70. The maximum absolute atomic E-state index is 5.88. The van der Waals surface area contributed by atoms with Crippen LogP contribution in [0.3, 0.4) is 0 Å². The third-order valence-electron chi connectivity index (χ3n) is 6.51. The maximum Gasteiger partial charge on any atom is 0.174 e. The monoisotopic (exact) mass is 468 g/mol. The number of aryl methyl sites for hydroxylation is 2. The summed E-state index contributed by atoms with van der Waals surface area (Å²) in [6.45, 7) is 6.41. The predicted molar refractivity (Wildman–Crippen MR) is 141 cm³/mol. The Morgan fingerprint density at radius 3 is 2.41 bits per heavy atom. The number of hydrogen-bond donors (Lipinski definition) is 1. The van der Waals surface area contributed by atoms with Gasteiger partial charge in [0.25, 0.3) is 0 Å². The molecule has 1 aliphatic heterocycles. The molecule has 6 heteroatoms. The number of hydrogen-bond acceptors (Lipinski definition) is 3. The lowest BCUT2D eigenvalue weighted by Gasteiger charge is -2.28. The Hall–Kier alpha value is -3.64. The average Bonchev–Trinajstić information content (AvgIpc) is 3.35. The molecule has 0 amide bonds. The van der Waals surface area contributed by atoms with Crippen molar-refractivity contribution in [2.45, 2.75) is 32.9 Å². The Bertz CT molecular complexity index is 1330. The molecule has 1 fully saturated rings. The number of rotatable bonds is 5. The minimum absolute atomic E-state index is 0.0457. The summed E-state index contributed by atoms with van der Waals surface area (Å²) in [5.41, 5.74) is 7.86. The highest BCUT2D eigenvalue weighted by Crippen LogP contribution is 2.43. The highest BCUT2D eigenvalue weighted by Gasteiger charge is 2.42. The number of ether oxygens (including phenoxy) is 1. The molecule has 1 N–H and O–H groups in total. The third kappa shape index (κ3) is 3.84. The zero-order valence-electron chi connectivity index (χ0n) is 19.8. The quantitative estimate of drug-likeness (QED) is 0.365. The molecule has 5 rings (SSSR count). The lowest BCUT2D eigenvalue weighted by molar-refractivity contribution is 0.414. The first kappa shape index (κ1) is 22.2. The highest BCUT2D eigenvalue weighted by molar-refractivity contribution is 7.80. The van der Waals surface area contributed by atoms with Crippen molar-refractivity contribution < 1.29 is 4.74 Å². The van der Waals surface area contributed by atoms with E-state index in [1.54, 1.807) is 7.11 Å². The van der Waals surface area contributed by atoms with Crippen LogP contribution in [-0.4, -0.2) is 21.8 Å². The van der Waals surface area contributed by atoms with Crippen molar-refractivity contribution in [1.29, 1.82) is 0 Å². The van der Waals surface area contributed by atoms with Gasteiger partial charge < -0.3 is 19.5 Å². The summed E-state index contributed by atoms with van der Waals surface area (Å²) in [5.74, 6) is 0.836. The molecule has 0 aliphatic carbocycles. The van der Waals surface area contributed by atoms with Gasteiger partial charge in [0.2, 0.25) is 0 Å². The van der Waals surface area contributed by atoms with Gasteiger partial charge in [-0.25, -0.2) is 0 Å². The molecule has 3 heterocycles. The van der Waals surface area contributed by atoms with Gasteiger partial charge in [-0.05, 0) is 81.0 Å². The van der Waals surface area contributed by atoms with Gasteiger partial charge in [-0.15, -0.1) is 0 Å². The zero-order chi connectivity index (χ0) is 23.8. The molecule has 1 saturated heterocycles. The smallest absolute Gasteiger partial charge is 0.174 e. The van der Waals surface area contributed by atoms with E-state index in [0.29, 0.717) is 5.11 Å². The summed E-state index contributed by atoms with van der Waals surface area (Å²) >= 11 is 5.88. The van der Waals surface area contributed by atoms with Gasteiger partial charge >= 0.3 is 0 Å². The predicted octanol–water partition coefficient (Wildman–Crippen LogP) is 5.98. The van der Waals surface area contributed by atoms with Crippen LogP contribution in [0.4, 0.5) is 5.69 Å². The lowest BCUT2D eigenvalue weighted by Crippen LogP contribution is -2.29. The molecule has 0 radical (unpaired) electrons. The largest absolute Gasteiger partial charge is 0.497 e. The Labute approximate surface area is 206 Å². The van der Waals surface area contributed by atoms with Gasteiger partial charge in [0, 0.05) is 35.0 Å². The molecule has 2 aromatic carbocycles. The van der Waals surface area contributed by atoms with Crippen molar-refractivity contribution in [3.63, 3.8) is 0 Å². The second-order valence-corrected chi connectivity index (χ2v) is 9.08. The first-order valence-corrected chi connectivity index (χ1v) is 11.8. The second kappa shape index (κ2) is 8.95. The Balaban J connectivity index is 1.67. The summed E-state index contributed by atoms with van der Waals surface area (Å²) in [6.07, 6.45) is 1.84. The van der Waals surface area contributed by atoms with Gasteiger partial charge in [-0.2, -0.15) is 0 Å². The zero-order valence-corrected chi connectivity index (χ0v) is 20.6. The molecule has 4 aromatic rings. The van der Waals surface area contributed by atoms with E-state index in [1.807, 2.05) is 30.5 Å². The van der Waals surface area contributed by atoms with Crippen LogP contribution in [0.25, 0.3) is 5.69 Å². The summed E-state index contributed by atoms with van der Waals surface area (Å²) in [5, 5.41) is 4.27. The summed E-state index contributed by atoms with van der Waals surface area (Å²) in [7, 11) is 1.70. The fourth-order valence-electron chi connectivity index (χ4n) is 4.89. The van der Waals surface area contributed by atoms with Crippen LogP contribution >= 0.6 is 12.2 Å². The molecular formula is C28H28N4OS. The molecule has 2 atom stereocenters. The SMILES string of the molecule is COc1cccc(-n2c(C)cc([C@@H]3[C@H](c4ccccn4)NC(=S)N3c3ccc(C)cc3)c2C)c1. The molecule has 0 unspecified atom stereocenters. The van der Waals surface area contributed by atoms with Gasteiger partial charge in [-0.1, -0.05) is 29.8 Å². The minimum Gasteiger partial charge on any atom is -0.497 e. The standard InChI is InChI=1S/C28H28N4OS/c1-18-11-13-21(14-12-18)32-27(26(30-28(32)34)25-10-5-6-15-29-25)24-16-19(2)31(20(24)3)22-8-7-9-23(17-22)33-4/h5-17,26-27H,1-4H3,(H,30,34)/t26-,27+/m0/s1. The third-order valence-corrected chi connectivity index (χ3v) is 6.83. The van der Waals surface area contributed by atoms with E-state index in [1.165, 1.54) is 16.8 Å². The number of thiocarbonyl (C=S) groups is 1. The van der Waals surface area contributed by atoms with Crippen LogP contribution in [0.5, 0.6) is 5.75 Å². The average molecular weight is 469 g/mol. The van der Waals surface area contributed by atoms with Gasteiger partial charge in [0.15, 0.2) is 5.11 Å². The number of pyridine rings is 1. The van der Waals surface area contributed by atoms with E-state index in [-0.39, 0.29) is 12.1 Å². The van der Waals surface area contributed by atoms with Crippen LogP contribution in [0, 0.1) is 20.8 Å². The van der Waals surface area contributed by atoms with Crippen molar-refractivity contribution in [2.75, 3.05) is 12.0 Å². The van der Waals surface area contributed by atoms with Crippen molar-refractivity contribution in [2.24, 2.45) is 0 Å². The van der Waals surface area contributed by atoms with Crippen molar-refractivity contribution in [3.8, 4) is 11.4 Å². The number of nitrogens with zero attached hydrogens (tertiary/aromatic N) is 3. The fraction of sp³-hybridized carbons (Fsp3) is 0.214. The normalized spacial score (nSPS) is 17.6. The van der Waals surface area contributed by atoms with Gasteiger partial charge in [-0.3, -0.25) is 4.98 Å². The van der Waals surface area contributed by atoms with Crippen LogP contribution in [0.2, 0.25) is 0 Å². The van der Waals surface area contributed by atoms with Crippen LogP contribution < -0.4 is 15.0 Å². The van der Waals surface area contributed by atoms with Crippen LogP contribution in [0.1, 0.15) is 40.3 Å². The molecule has 1 aliphatic rings. The van der Waals surface area contributed by atoms with E-state index in [0.717, 1.165) is 28.5 Å². The summed E-state index contributed by atoms with van der Waals surface area (Å²) in [6, 6.07) is 24.9. The number of methoxy groups -OCH3 is 1. The Morgan fingerprint density at radius 1 is 0.912 bits per heavy atom. The van der Waals surface area contributed by atoms with Crippen molar-refractivity contribution in [3.05, 3.63) is 107 Å². The van der Waals surface area contributed by atoms with Crippen LogP contribution in [-0.2, 0) is 0 Å². The number of benzene rings is 2. The van der Waals surface area contributed by atoms with Gasteiger partial charge in [0.1, 0.15) is 5.75 Å². The van der Waals surface area contributed by atoms with E-state index in [2.05, 4.69) is 89.1 Å².